The molecule has 0 atom stereocenters. The third-order valence-electron chi connectivity index (χ3n) is 3.03. The van der Waals surface area contributed by atoms with Crippen LogP contribution in [-0.4, -0.2) is 23.7 Å². The second-order valence-electron chi connectivity index (χ2n) is 4.21. The van der Waals surface area contributed by atoms with Crippen LogP contribution in [0.2, 0.25) is 0 Å². The average Bonchev–Trinajstić information content (AvgIpc) is 2.33. The van der Waals surface area contributed by atoms with Crippen LogP contribution in [0, 0.1) is 0 Å². The molecule has 1 saturated heterocycles. The first-order chi connectivity index (χ1) is 7.79. The normalized spacial score (nSPS) is 17.3. The number of pyridine rings is 1. The minimum atomic E-state index is 0.0679. The molecule has 1 fully saturated rings. The van der Waals surface area contributed by atoms with Crippen LogP contribution < -0.4 is 16.2 Å². The molecule has 1 aromatic rings. The molecular weight excluding hydrogens is 202 g/mol. The van der Waals surface area contributed by atoms with E-state index in [1.54, 1.807) is 10.6 Å². The van der Waals surface area contributed by atoms with Crippen LogP contribution >= 0.6 is 0 Å². The van der Waals surface area contributed by atoms with Gasteiger partial charge < -0.3 is 15.2 Å². The molecule has 2 rings (SSSR count). The SMILES string of the molecule is CCn1cc(NC2CCNCC2)ccc1=O. The van der Waals surface area contributed by atoms with E-state index in [1.807, 2.05) is 19.2 Å². The molecule has 0 aliphatic carbocycles. The highest BCUT2D eigenvalue weighted by atomic mass is 16.1. The Morgan fingerprint density at radius 2 is 2.19 bits per heavy atom. The molecule has 1 aliphatic heterocycles. The lowest BCUT2D eigenvalue weighted by molar-refractivity contribution is 0.479. The number of rotatable bonds is 3. The van der Waals surface area contributed by atoms with E-state index in [1.165, 1.54) is 0 Å². The van der Waals surface area contributed by atoms with E-state index in [-0.39, 0.29) is 5.56 Å². The number of aryl methyl sites for hydroxylation is 1. The summed E-state index contributed by atoms with van der Waals surface area (Å²) < 4.78 is 1.73. The maximum absolute atomic E-state index is 11.4. The maximum Gasteiger partial charge on any atom is 0.250 e. The van der Waals surface area contributed by atoms with E-state index in [9.17, 15) is 4.79 Å². The van der Waals surface area contributed by atoms with Crippen LogP contribution in [0.15, 0.2) is 23.1 Å². The van der Waals surface area contributed by atoms with Gasteiger partial charge in [-0.15, -0.1) is 0 Å². The Balaban J connectivity index is 2.06. The molecule has 16 heavy (non-hydrogen) atoms. The van der Waals surface area contributed by atoms with E-state index in [4.69, 9.17) is 0 Å². The third-order valence-corrected chi connectivity index (χ3v) is 3.03. The lowest BCUT2D eigenvalue weighted by Crippen LogP contribution is -2.35. The van der Waals surface area contributed by atoms with Gasteiger partial charge in [0.25, 0.3) is 5.56 Å². The minimum absolute atomic E-state index is 0.0679. The Kier molecular flexibility index (Phi) is 3.62. The highest BCUT2D eigenvalue weighted by Gasteiger charge is 2.12. The lowest BCUT2D eigenvalue weighted by Gasteiger charge is -2.24. The molecule has 0 spiro atoms. The molecular formula is C12H19N3O. The zero-order chi connectivity index (χ0) is 11.4. The van der Waals surface area contributed by atoms with Crippen molar-refractivity contribution in [1.82, 2.24) is 9.88 Å². The van der Waals surface area contributed by atoms with Gasteiger partial charge in [0.2, 0.25) is 0 Å². The van der Waals surface area contributed by atoms with Crippen LogP contribution in [0.1, 0.15) is 19.8 Å². The van der Waals surface area contributed by atoms with Gasteiger partial charge in [-0.05, 0) is 38.9 Å². The van der Waals surface area contributed by atoms with E-state index >= 15 is 0 Å². The molecule has 0 amide bonds. The molecule has 4 heteroatoms. The molecule has 88 valence electrons. The lowest BCUT2D eigenvalue weighted by atomic mass is 10.1. The second kappa shape index (κ2) is 5.16. The van der Waals surface area contributed by atoms with Gasteiger partial charge in [0, 0.05) is 24.8 Å². The van der Waals surface area contributed by atoms with Crippen molar-refractivity contribution < 1.29 is 0 Å². The molecule has 4 nitrogen and oxygen atoms in total. The summed E-state index contributed by atoms with van der Waals surface area (Å²) in [5, 5.41) is 6.82. The number of hydrogen-bond donors (Lipinski definition) is 2. The van der Waals surface area contributed by atoms with Crippen molar-refractivity contribution in [2.45, 2.75) is 32.4 Å². The first-order valence-electron chi connectivity index (χ1n) is 5.97. The molecule has 0 radical (unpaired) electrons. The Morgan fingerprint density at radius 3 is 2.88 bits per heavy atom. The quantitative estimate of drug-likeness (QED) is 0.801. The molecule has 1 aliphatic rings. The zero-order valence-electron chi connectivity index (χ0n) is 9.70. The predicted molar refractivity (Wildman–Crippen MR) is 65.9 cm³/mol. The van der Waals surface area contributed by atoms with E-state index in [0.717, 1.165) is 38.2 Å². The van der Waals surface area contributed by atoms with Crippen molar-refractivity contribution in [2.75, 3.05) is 18.4 Å². The summed E-state index contributed by atoms with van der Waals surface area (Å²) in [5.41, 5.74) is 1.12. The van der Waals surface area contributed by atoms with Gasteiger partial charge in [0.15, 0.2) is 0 Å². The molecule has 0 bridgehead atoms. The van der Waals surface area contributed by atoms with Crippen molar-refractivity contribution in [3.63, 3.8) is 0 Å². The molecule has 2 N–H and O–H groups in total. The van der Waals surface area contributed by atoms with E-state index < -0.39 is 0 Å². The average molecular weight is 221 g/mol. The highest BCUT2D eigenvalue weighted by Crippen LogP contribution is 2.11. The van der Waals surface area contributed by atoms with Gasteiger partial charge >= 0.3 is 0 Å². The minimum Gasteiger partial charge on any atom is -0.381 e. The zero-order valence-corrected chi connectivity index (χ0v) is 9.70. The number of nitrogens with zero attached hydrogens (tertiary/aromatic N) is 1. The number of anilines is 1. The molecule has 0 aromatic carbocycles. The summed E-state index contributed by atoms with van der Waals surface area (Å²) in [6, 6.07) is 4.03. The number of hydrogen-bond acceptors (Lipinski definition) is 3. The summed E-state index contributed by atoms with van der Waals surface area (Å²) in [6.45, 7) is 4.85. The van der Waals surface area contributed by atoms with Crippen molar-refractivity contribution in [3.05, 3.63) is 28.7 Å². The van der Waals surface area contributed by atoms with Crippen LogP contribution in [0.4, 0.5) is 5.69 Å². The van der Waals surface area contributed by atoms with Gasteiger partial charge in [-0.3, -0.25) is 4.79 Å². The summed E-state index contributed by atoms with van der Waals surface area (Å²) >= 11 is 0. The Morgan fingerprint density at radius 1 is 1.44 bits per heavy atom. The summed E-state index contributed by atoms with van der Waals surface area (Å²) in [6.07, 6.45) is 4.20. The Bertz CT molecular complexity index is 393. The fraction of sp³-hybridized carbons (Fsp3) is 0.583. The first kappa shape index (κ1) is 11.2. The Labute approximate surface area is 95.7 Å². The molecule has 0 saturated carbocycles. The van der Waals surface area contributed by atoms with Gasteiger partial charge in [0.1, 0.15) is 0 Å². The predicted octanol–water partition coefficient (Wildman–Crippen LogP) is 1.03. The van der Waals surface area contributed by atoms with Gasteiger partial charge in [-0.25, -0.2) is 0 Å². The van der Waals surface area contributed by atoms with Crippen LogP contribution in [0.25, 0.3) is 0 Å². The fourth-order valence-electron chi connectivity index (χ4n) is 2.07. The summed E-state index contributed by atoms with van der Waals surface area (Å²) in [4.78, 5) is 11.4. The molecule has 1 aromatic heterocycles. The number of aromatic nitrogens is 1. The van der Waals surface area contributed by atoms with Gasteiger partial charge in [-0.2, -0.15) is 0 Å². The molecule has 0 unspecified atom stereocenters. The van der Waals surface area contributed by atoms with Gasteiger partial charge in [0.05, 0.1) is 5.69 Å². The maximum atomic E-state index is 11.4. The highest BCUT2D eigenvalue weighted by molar-refractivity contribution is 5.41. The summed E-state index contributed by atoms with van der Waals surface area (Å²) in [5.74, 6) is 0. The third kappa shape index (κ3) is 2.64. The number of piperidine rings is 1. The standard InChI is InChI=1S/C12H19N3O/c1-2-15-9-11(3-4-12(15)16)14-10-5-7-13-8-6-10/h3-4,9-10,13-14H,2,5-8H2,1H3. The van der Waals surface area contributed by atoms with Crippen molar-refractivity contribution >= 4 is 5.69 Å². The fourth-order valence-corrected chi connectivity index (χ4v) is 2.07. The van der Waals surface area contributed by atoms with E-state index in [2.05, 4.69) is 10.6 Å². The molecule has 2 heterocycles. The second-order valence-corrected chi connectivity index (χ2v) is 4.21. The largest absolute Gasteiger partial charge is 0.381 e. The van der Waals surface area contributed by atoms with Crippen LogP contribution in [0.5, 0.6) is 0 Å². The first-order valence-corrected chi connectivity index (χ1v) is 5.97. The van der Waals surface area contributed by atoms with Crippen LogP contribution in [0.3, 0.4) is 0 Å². The Hall–Kier alpha value is -1.29. The topological polar surface area (TPSA) is 46.1 Å². The van der Waals surface area contributed by atoms with Gasteiger partial charge in [-0.1, -0.05) is 0 Å². The van der Waals surface area contributed by atoms with E-state index in [0.29, 0.717) is 6.04 Å². The summed E-state index contributed by atoms with van der Waals surface area (Å²) in [7, 11) is 0. The number of nitrogens with one attached hydrogen (secondary N) is 2. The smallest absolute Gasteiger partial charge is 0.250 e. The van der Waals surface area contributed by atoms with Crippen molar-refractivity contribution in [2.24, 2.45) is 0 Å². The monoisotopic (exact) mass is 221 g/mol. The van der Waals surface area contributed by atoms with Crippen molar-refractivity contribution in [3.8, 4) is 0 Å². The van der Waals surface area contributed by atoms with Crippen LogP contribution in [-0.2, 0) is 6.54 Å². The van der Waals surface area contributed by atoms with Crippen molar-refractivity contribution in [1.29, 1.82) is 0 Å².